The van der Waals surface area contributed by atoms with E-state index in [-0.39, 0.29) is 12.4 Å². The fourth-order valence-electron chi connectivity index (χ4n) is 1.63. The topological polar surface area (TPSA) is 66.8 Å². The number of hydrogen-bond acceptors (Lipinski definition) is 4. The third-order valence-corrected chi connectivity index (χ3v) is 4.68. The minimum Gasteiger partial charge on any atom is -0.392 e. The summed E-state index contributed by atoms with van der Waals surface area (Å²) in [5.74, 6) is -0.0256. The quantitative estimate of drug-likeness (QED) is 0.724. The van der Waals surface area contributed by atoms with Gasteiger partial charge >= 0.3 is 0 Å². The molecule has 0 spiro atoms. The van der Waals surface area contributed by atoms with Gasteiger partial charge in [0.2, 0.25) is 10.0 Å². The normalized spacial score (nSPS) is 12.0. The summed E-state index contributed by atoms with van der Waals surface area (Å²) in [7, 11) is -0.127. The molecule has 0 aromatic heterocycles. The zero-order valence-corrected chi connectivity index (χ0v) is 12.2. The van der Waals surface area contributed by atoms with Crippen molar-refractivity contribution in [1.29, 1.82) is 0 Å². The molecule has 0 amide bonds. The van der Waals surface area contributed by atoms with Crippen molar-refractivity contribution in [2.75, 3.05) is 27.3 Å². The second-order valence-electron chi connectivity index (χ2n) is 4.40. The van der Waals surface area contributed by atoms with Gasteiger partial charge in [0.25, 0.3) is 0 Å². The minimum absolute atomic E-state index is 0.0256. The number of methoxy groups -OCH3 is 1. The van der Waals surface area contributed by atoms with Crippen LogP contribution in [0.1, 0.15) is 17.5 Å². The van der Waals surface area contributed by atoms with Gasteiger partial charge in [0.05, 0.1) is 12.4 Å². The Bertz CT molecular complexity index is 470. The lowest BCUT2D eigenvalue weighted by atomic mass is 10.2. The SMILES string of the molecule is COCCCN(C)S(=O)(=O)Cc1ccc(CO)cc1. The predicted octanol–water partition coefficient (Wildman–Crippen LogP) is 0.977. The van der Waals surface area contributed by atoms with E-state index in [1.54, 1.807) is 38.4 Å². The van der Waals surface area contributed by atoms with E-state index in [9.17, 15) is 8.42 Å². The average molecular weight is 287 g/mol. The number of ether oxygens (including phenoxy) is 1. The molecule has 5 nitrogen and oxygen atoms in total. The number of hydrogen-bond donors (Lipinski definition) is 1. The van der Waals surface area contributed by atoms with E-state index in [0.717, 1.165) is 11.1 Å². The van der Waals surface area contributed by atoms with Crippen LogP contribution in [0.5, 0.6) is 0 Å². The van der Waals surface area contributed by atoms with E-state index in [0.29, 0.717) is 19.6 Å². The van der Waals surface area contributed by atoms with Gasteiger partial charge in [0, 0.05) is 27.3 Å². The number of benzene rings is 1. The van der Waals surface area contributed by atoms with Crippen LogP contribution in [0.3, 0.4) is 0 Å². The molecule has 0 saturated carbocycles. The lowest BCUT2D eigenvalue weighted by molar-refractivity contribution is 0.189. The molecular formula is C13H21NO4S. The standard InChI is InChI=1S/C13H21NO4S/c1-14(8-3-9-18-2)19(16,17)11-13-6-4-12(10-15)5-7-13/h4-7,15H,3,8-11H2,1-2H3. The largest absolute Gasteiger partial charge is 0.392 e. The van der Waals surface area contributed by atoms with Gasteiger partial charge in [0.15, 0.2) is 0 Å². The molecule has 0 radical (unpaired) electrons. The second kappa shape index (κ2) is 7.59. The van der Waals surface area contributed by atoms with E-state index in [1.165, 1.54) is 4.31 Å². The van der Waals surface area contributed by atoms with Crippen LogP contribution in [0.2, 0.25) is 0 Å². The van der Waals surface area contributed by atoms with Gasteiger partial charge < -0.3 is 9.84 Å². The molecule has 1 aromatic rings. The summed E-state index contributed by atoms with van der Waals surface area (Å²) < 4.78 is 30.4. The number of rotatable bonds is 8. The first-order valence-electron chi connectivity index (χ1n) is 6.11. The third-order valence-electron chi connectivity index (χ3n) is 2.85. The molecule has 19 heavy (non-hydrogen) atoms. The van der Waals surface area contributed by atoms with E-state index < -0.39 is 10.0 Å². The molecule has 1 rings (SSSR count). The van der Waals surface area contributed by atoms with Gasteiger partial charge in [-0.3, -0.25) is 0 Å². The molecular weight excluding hydrogens is 266 g/mol. The molecule has 0 saturated heterocycles. The molecule has 0 unspecified atom stereocenters. The molecule has 0 heterocycles. The molecule has 0 bridgehead atoms. The van der Waals surface area contributed by atoms with Crippen molar-refractivity contribution in [1.82, 2.24) is 4.31 Å². The van der Waals surface area contributed by atoms with Crippen LogP contribution >= 0.6 is 0 Å². The van der Waals surface area contributed by atoms with Crippen LogP contribution in [0.25, 0.3) is 0 Å². The van der Waals surface area contributed by atoms with Gasteiger partial charge in [-0.15, -0.1) is 0 Å². The Kier molecular flexibility index (Phi) is 6.44. The van der Waals surface area contributed by atoms with E-state index in [2.05, 4.69) is 0 Å². The van der Waals surface area contributed by atoms with Crippen molar-refractivity contribution in [2.24, 2.45) is 0 Å². The van der Waals surface area contributed by atoms with Crippen LogP contribution < -0.4 is 0 Å². The van der Waals surface area contributed by atoms with Gasteiger partial charge in [0.1, 0.15) is 0 Å². The van der Waals surface area contributed by atoms with Crippen LogP contribution in [-0.4, -0.2) is 45.1 Å². The molecule has 0 aliphatic carbocycles. The van der Waals surface area contributed by atoms with Crippen molar-refractivity contribution in [3.63, 3.8) is 0 Å². The maximum atomic E-state index is 12.1. The van der Waals surface area contributed by atoms with E-state index in [1.807, 2.05) is 0 Å². The van der Waals surface area contributed by atoms with E-state index >= 15 is 0 Å². The van der Waals surface area contributed by atoms with E-state index in [4.69, 9.17) is 9.84 Å². The van der Waals surface area contributed by atoms with Crippen molar-refractivity contribution in [2.45, 2.75) is 18.8 Å². The fourth-order valence-corrected chi connectivity index (χ4v) is 2.87. The number of aliphatic hydroxyl groups is 1. The number of nitrogens with zero attached hydrogens (tertiary/aromatic N) is 1. The highest BCUT2D eigenvalue weighted by molar-refractivity contribution is 7.88. The van der Waals surface area contributed by atoms with Crippen LogP contribution in [0.15, 0.2) is 24.3 Å². The molecule has 0 fully saturated rings. The number of aliphatic hydroxyl groups excluding tert-OH is 1. The van der Waals surface area contributed by atoms with Crippen LogP contribution in [0.4, 0.5) is 0 Å². The zero-order valence-electron chi connectivity index (χ0n) is 11.4. The van der Waals surface area contributed by atoms with Gasteiger partial charge in [-0.25, -0.2) is 12.7 Å². The van der Waals surface area contributed by atoms with Crippen molar-refractivity contribution in [3.05, 3.63) is 35.4 Å². The Labute approximate surface area is 114 Å². The maximum absolute atomic E-state index is 12.1. The molecule has 0 aliphatic rings. The summed E-state index contributed by atoms with van der Waals surface area (Å²) >= 11 is 0. The number of sulfonamides is 1. The Morgan fingerprint density at radius 3 is 2.32 bits per heavy atom. The predicted molar refractivity (Wildman–Crippen MR) is 74.1 cm³/mol. The highest BCUT2D eigenvalue weighted by Crippen LogP contribution is 2.11. The second-order valence-corrected chi connectivity index (χ2v) is 6.47. The lowest BCUT2D eigenvalue weighted by Crippen LogP contribution is -2.29. The molecule has 1 aromatic carbocycles. The highest BCUT2D eigenvalue weighted by Gasteiger charge is 2.17. The molecule has 108 valence electrons. The van der Waals surface area contributed by atoms with Crippen molar-refractivity contribution >= 4 is 10.0 Å². The highest BCUT2D eigenvalue weighted by atomic mass is 32.2. The lowest BCUT2D eigenvalue weighted by Gasteiger charge is -2.17. The van der Waals surface area contributed by atoms with Gasteiger partial charge in [-0.1, -0.05) is 24.3 Å². The van der Waals surface area contributed by atoms with Crippen LogP contribution in [0, 0.1) is 0 Å². The summed E-state index contributed by atoms with van der Waals surface area (Å²) in [4.78, 5) is 0. The first-order valence-corrected chi connectivity index (χ1v) is 7.72. The average Bonchev–Trinajstić information content (AvgIpc) is 2.39. The Morgan fingerprint density at radius 1 is 1.21 bits per heavy atom. The monoisotopic (exact) mass is 287 g/mol. The fraction of sp³-hybridized carbons (Fsp3) is 0.538. The first kappa shape index (κ1) is 16.1. The third kappa shape index (κ3) is 5.28. The minimum atomic E-state index is -3.30. The van der Waals surface area contributed by atoms with Crippen molar-refractivity contribution in [3.8, 4) is 0 Å². The molecule has 0 atom stereocenters. The molecule has 6 heteroatoms. The first-order chi connectivity index (χ1) is 8.99. The molecule has 0 aliphatic heterocycles. The summed E-state index contributed by atoms with van der Waals surface area (Å²) in [5.41, 5.74) is 1.49. The zero-order chi connectivity index (χ0) is 14.3. The van der Waals surface area contributed by atoms with Crippen molar-refractivity contribution < 1.29 is 18.3 Å². The summed E-state index contributed by atoms with van der Waals surface area (Å²) in [5, 5.41) is 8.93. The smallest absolute Gasteiger partial charge is 0.218 e. The Hall–Kier alpha value is -0.950. The maximum Gasteiger partial charge on any atom is 0.218 e. The Morgan fingerprint density at radius 2 is 1.79 bits per heavy atom. The van der Waals surface area contributed by atoms with Gasteiger partial charge in [-0.2, -0.15) is 0 Å². The van der Waals surface area contributed by atoms with Gasteiger partial charge in [-0.05, 0) is 17.5 Å². The van der Waals surface area contributed by atoms with Crippen LogP contribution in [-0.2, 0) is 27.1 Å². The summed E-state index contributed by atoms with van der Waals surface area (Å²) in [6, 6.07) is 6.92. The summed E-state index contributed by atoms with van der Waals surface area (Å²) in [6.07, 6.45) is 0.676. The summed E-state index contributed by atoms with van der Waals surface area (Å²) in [6.45, 7) is 0.958. The Balaban J connectivity index is 2.62. The molecule has 1 N–H and O–H groups in total.